The van der Waals surface area contributed by atoms with Gasteiger partial charge in [0.15, 0.2) is 0 Å². The lowest BCUT2D eigenvalue weighted by Gasteiger charge is -2.34. The van der Waals surface area contributed by atoms with Crippen LogP contribution in [-0.4, -0.2) is 19.1 Å². The molecule has 126 valence electrons. The van der Waals surface area contributed by atoms with Crippen molar-refractivity contribution in [2.75, 3.05) is 7.11 Å². The highest BCUT2D eigenvalue weighted by Crippen LogP contribution is 2.42. The van der Waals surface area contributed by atoms with Gasteiger partial charge in [0.25, 0.3) is 0 Å². The maximum Gasteiger partial charge on any atom is 0.226 e. The molecule has 1 saturated carbocycles. The standard InChI is InChI=1S/C21H25NO2/c1-21(2,20(23)22-17-11-12-17)19(15-7-5-4-6-8-15)16-9-13-18(24-3)14-10-16/h4-10,13-14,17,19H,11-12H2,1-3H3,(H,22,23). The summed E-state index contributed by atoms with van der Waals surface area (Å²) in [5.41, 5.74) is 1.73. The Bertz CT molecular complexity index is 688. The summed E-state index contributed by atoms with van der Waals surface area (Å²) in [7, 11) is 1.66. The molecular formula is C21H25NO2. The van der Waals surface area contributed by atoms with Gasteiger partial charge in [-0.1, -0.05) is 56.3 Å². The molecule has 3 heteroatoms. The number of nitrogens with one attached hydrogen (secondary N) is 1. The largest absolute Gasteiger partial charge is 0.497 e. The maximum absolute atomic E-state index is 12.9. The second-order valence-corrected chi connectivity index (χ2v) is 7.09. The van der Waals surface area contributed by atoms with Gasteiger partial charge in [-0.25, -0.2) is 0 Å². The molecule has 3 nitrogen and oxygen atoms in total. The van der Waals surface area contributed by atoms with Crippen molar-refractivity contribution < 1.29 is 9.53 Å². The second-order valence-electron chi connectivity index (χ2n) is 7.09. The molecule has 0 heterocycles. The number of ether oxygens (including phenoxy) is 1. The van der Waals surface area contributed by atoms with E-state index in [0.29, 0.717) is 6.04 Å². The highest BCUT2D eigenvalue weighted by Gasteiger charge is 2.40. The number of methoxy groups -OCH3 is 1. The smallest absolute Gasteiger partial charge is 0.226 e. The van der Waals surface area contributed by atoms with Gasteiger partial charge < -0.3 is 10.1 Å². The molecular weight excluding hydrogens is 298 g/mol. The zero-order valence-corrected chi connectivity index (χ0v) is 14.6. The van der Waals surface area contributed by atoms with E-state index in [1.807, 2.05) is 44.2 Å². The van der Waals surface area contributed by atoms with E-state index in [1.54, 1.807) is 7.11 Å². The highest BCUT2D eigenvalue weighted by atomic mass is 16.5. The van der Waals surface area contributed by atoms with Gasteiger partial charge in [0.1, 0.15) is 5.75 Å². The van der Waals surface area contributed by atoms with E-state index in [4.69, 9.17) is 4.74 Å². The van der Waals surface area contributed by atoms with Crippen LogP contribution in [0.25, 0.3) is 0 Å². The zero-order valence-electron chi connectivity index (χ0n) is 14.6. The van der Waals surface area contributed by atoms with Crippen molar-refractivity contribution in [1.29, 1.82) is 0 Å². The summed E-state index contributed by atoms with van der Waals surface area (Å²) < 4.78 is 5.27. The minimum absolute atomic E-state index is 0.0108. The quantitative estimate of drug-likeness (QED) is 0.868. The van der Waals surface area contributed by atoms with E-state index >= 15 is 0 Å². The van der Waals surface area contributed by atoms with Crippen molar-refractivity contribution in [2.24, 2.45) is 5.41 Å². The fourth-order valence-corrected chi connectivity index (χ4v) is 3.20. The fourth-order valence-electron chi connectivity index (χ4n) is 3.20. The van der Waals surface area contributed by atoms with E-state index in [-0.39, 0.29) is 11.8 Å². The van der Waals surface area contributed by atoms with Crippen molar-refractivity contribution >= 4 is 5.91 Å². The Balaban J connectivity index is 1.98. The summed E-state index contributed by atoms with van der Waals surface area (Å²) in [4.78, 5) is 12.9. The average molecular weight is 323 g/mol. The number of hydrogen-bond donors (Lipinski definition) is 1. The first kappa shape index (κ1) is 16.6. The number of amides is 1. The van der Waals surface area contributed by atoms with Crippen LogP contribution in [-0.2, 0) is 4.79 Å². The fraction of sp³-hybridized carbons (Fsp3) is 0.381. The third kappa shape index (κ3) is 3.45. The van der Waals surface area contributed by atoms with Crippen LogP contribution in [0, 0.1) is 5.41 Å². The van der Waals surface area contributed by atoms with Gasteiger partial charge in [-0.2, -0.15) is 0 Å². The Hall–Kier alpha value is -2.29. The first-order valence-corrected chi connectivity index (χ1v) is 8.52. The van der Waals surface area contributed by atoms with Crippen molar-refractivity contribution in [1.82, 2.24) is 5.32 Å². The second kappa shape index (κ2) is 6.68. The van der Waals surface area contributed by atoms with Crippen LogP contribution in [0.2, 0.25) is 0 Å². The van der Waals surface area contributed by atoms with Gasteiger partial charge in [0, 0.05) is 12.0 Å². The summed E-state index contributed by atoms with van der Waals surface area (Å²) >= 11 is 0. The van der Waals surface area contributed by atoms with Gasteiger partial charge in [0.05, 0.1) is 12.5 Å². The van der Waals surface area contributed by atoms with Crippen molar-refractivity contribution in [3.05, 3.63) is 65.7 Å². The van der Waals surface area contributed by atoms with E-state index in [2.05, 4.69) is 29.6 Å². The van der Waals surface area contributed by atoms with Gasteiger partial charge in [0.2, 0.25) is 5.91 Å². The van der Waals surface area contributed by atoms with Crippen molar-refractivity contribution in [2.45, 2.75) is 38.6 Å². The summed E-state index contributed by atoms with van der Waals surface area (Å²) in [6, 6.07) is 18.7. The Labute approximate surface area is 144 Å². The maximum atomic E-state index is 12.9. The normalized spacial score (nSPS) is 15.6. The number of benzene rings is 2. The predicted molar refractivity (Wildman–Crippen MR) is 96.2 cm³/mol. The van der Waals surface area contributed by atoms with Crippen LogP contribution in [0.4, 0.5) is 0 Å². The Morgan fingerprint density at radius 3 is 2.17 bits per heavy atom. The predicted octanol–water partition coefficient (Wildman–Crippen LogP) is 4.13. The van der Waals surface area contributed by atoms with Gasteiger partial charge >= 0.3 is 0 Å². The zero-order chi connectivity index (χ0) is 17.2. The van der Waals surface area contributed by atoms with Crippen LogP contribution < -0.4 is 10.1 Å². The Morgan fingerprint density at radius 2 is 1.62 bits per heavy atom. The Morgan fingerprint density at radius 1 is 1.04 bits per heavy atom. The van der Waals surface area contributed by atoms with Crippen LogP contribution in [0.5, 0.6) is 5.75 Å². The molecule has 1 unspecified atom stereocenters. The highest BCUT2D eigenvalue weighted by molar-refractivity contribution is 5.84. The molecule has 1 fully saturated rings. The lowest BCUT2D eigenvalue weighted by Crippen LogP contribution is -2.42. The third-order valence-electron chi connectivity index (χ3n) is 4.80. The molecule has 0 saturated heterocycles. The van der Waals surface area contributed by atoms with Crippen molar-refractivity contribution in [3.63, 3.8) is 0 Å². The molecule has 2 aromatic carbocycles. The number of carbonyl (C=O) groups excluding carboxylic acids is 1. The summed E-state index contributed by atoms with van der Waals surface area (Å²) in [5, 5.41) is 3.17. The van der Waals surface area contributed by atoms with Crippen LogP contribution in [0.3, 0.4) is 0 Å². The first-order chi connectivity index (χ1) is 11.5. The van der Waals surface area contributed by atoms with Gasteiger partial charge in [-0.3, -0.25) is 4.79 Å². The molecule has 1 atom stereocenters. The molecule has 1 amide bonds. The van der Waals surface area contributed by atoms with E-state index in [0.717, 1.165) is 29.7 Å². The molecule has 1 aliphatic carbocycles. The van der Waals surface area contributed by atoms with Crippen LogP contribution in [0.15, 0.2) is 54.6 Å². The topological polar surface area (TPSA) is 38.3 Å². The molecule has 0 radical (unpaired) electrons. The summed E-state index contributed by atoms with van der Waals surface area (Å²) in [6.07, 6.45) is 2.20. The molecule has 0 aliphatic heterocycles. The monoisotopic (exact) mass is 323 g/mol. The molecule has 1 aliphatic rings. The van der Waals surface area contributed by atoms with Crippen LogP contribution >= 0.6 is 0 Å². The Kier molecular flexibility index (Phi) is 4.61. The number of carbonyl (C=O) groups is 1. The van der Waals surface area contributed by atoms with Gasteiger partial charge in [-0.05, 0) is 36.1 Å². The molecule has 2 aromatic rings. The van der Waals surface area contributed by atoms with E-state index in [9.17, 15) is 4.79 Å². The minimum Gasteiger partial charge on any atom is -0.497 e. The summed E-state index contributed by atoms with van der Waals surface area (Å²) in [6.45, 7) is 4.07. The SMILES string of the molecule is COc1ccc(C(c2ccccc2)C(C)(C)C(=O)NC2CC2)cc1. The minimum atomic E-state index is -0.543. The number of hydrogen-bond acceptors (Lipinski definition) is 2. The first-order valence-electron chi connectivity index (χ1n) is 8.52. The molecule has 0 aromatic heterocycles. The van der Waals surface area contributed by atoms with E-state index in [1.165, 1.54) is 0 Å². The van der Waals surface area contributed by atoms with Crippen molar-refractivity contribution in [3.8, 4) is 5.75 Å². The number of rotatable bonds is 6. The lowest BCUT2D eigenvalue weighted by molar-refractivity contribution is -0.130. The molecule has 3 rings (SSSR count). The average Bonchev–Trinajstić information content (AvgIpc) is 3.40. The third-order valence-corrected chi connectivity index (χ3v) is 4.80. The molecule has 24 heavy (non-hydrogen) atoms. The van der Waals surface area contributed by atoms with E-state index < -0.39 is 5.41 Å². The molecule has 1 N–H and O–H groups in total. The summed E-state index contributed by atoms with van der Waals surface area (Å²) in [5.74, 6) is 0.934. The van der Waals surface area contributed by atoms with Gasteiger partial charge in [-0.15, -0.1) is 0 Å². The molecule has 0 spiro atoms. The van der Waals surface area contributed by atoms with Crippen LogP contribution in [0.1, 0.15) is 43.7 Å². The molecule has 0 bridgehead atoms. The lowest BCUT2D eigenvalue weighted by atomic mass is 9.70.